The number of anilines is 1. The van der Waals surface area contributed by atoms with Crippen molar-refractivity contribution in [2.75, 3.05) is 18.9 Å². The van der Waals surface area contributed by atoms with Crippen LogP contribution in [-0.2, 0) is 6.54 Å². The molecule has 0 saturated heterocycles. The molecule has 0 saturated carbocycles. The molecule has 0 aliphatic rings. The third kappa shape index (κ3) is 3.84. The molecule has 9 heteroatoms. The molecule has 5 N–H and O–H groups in total. The minimum absolute atomic E-state index is 0. The van der Waals surface area contributed by atoms with E-state index in [1.54, 1.807) is 4.57 Å². The number of aliphatic hydroxyl groups is 2. The summed E-state index contributed by atoms with van der Waals surface area (Å²) in [6, 6.07) is 0. The molecule has 2 aromatic heterocycles. The van der Waals surface area contributed by atoms with Crippen molar-refractivity contribution >= 4 is 68.5 Å². The summed E-state index contributed by atoms with van der Waals surface area (Å²) in [4.78, 5) is 21.9. The van der Waals surface area contributed by atoms with Gasteiger partial charge < -0.3 is 20.5 Å². The Kier molecular flexibility index (Phi) is 6.60. The van der Waals surface area contributed by atoms with Gasteiger partial charge in [0, 0.05) is 25.7 Å². The van der Waals surface area contributed by atoms with Crippen LogP contribution in [0.4, 0.5) is 5.95 Å². The molecule has 2 heterocycles. The van der Waals surface area contributed by atoms with E-state index in [0.717, 1.165) is 0 Å². The van der Waals surface area contributed by atoms with E-state index < -0.39 is 0 Å². The number of nitrogens with two attached hydrogens (primary N) is 1. The van der Waals surface area contributed by atoms with Crippen LogP contribution >= 0.6 is 0 Å². The first-order valence-corrected chi connectivity index (χ1v) is 5.58. The van der Waals surface area contributed by atoms with E-state index in [4.69, 9.17) is 15.9 Å². The SMILES string of the molecule is Nc1nc2c(ncn2CCC(CO)CO)c(=O)[nH]1.[KH]. The second-order valence-corrected chi connectivity index (χ2v) is 4.08. The Balaban J connectivity index is 0.00000180. The summed E-state index contributed by atoms with van der Waals surface area (Å²) in [7, 11) is 0. The molecule has 0 atom stereocenters. The van der Waals surface area contributed by atoms with Crippen molar-refractivity contribution in [3.63, 3.8) is 0 Å². The maximum atomic E-state index is 11.5. The molecule has 0 spiro atoms. The molecule has 100 valence electrons. The Morgan fingerprint density at radius 3 is 2.74 bits per heavy atom. The molecular weight excluding hydrogens is 277 g/mol. The number of aryl methyl sites for hydroxylation is 1. The van der Waals surface area contributed by atoms with Crippen LogP contribution in [0.3, 0.4) is 0 Å². The zero-order chi connectivity index (χ0) is 13.1. The number of nitrogens with zero attached hydrogens (tertiary/aromatic N) is 3. The van der Waals surface area contributed by atoms with Gasteiger partial charge in [-0.1, -0.05) is 0 Å². The van der Waals surface area contributed by atoms with Crippen LogP contribution in [0.5, 0.6) is 0 Å². The molecule has 0 radical (unpaired) electrons. The Labute approximate surface area is 151 Å². The monoisotopic (exact) mass is 293 g/mol. The first-order chi connectivity index (χ1) is 8.65. The number of nitrogens with one attached hydrogen (secondary N) is 1. The Bertz CT molecular complexity index is 592. The van der Waals surface area contributed by atoms with Gasteiger partial charge in [0.25, 0.3) is 5.56 Å². The molecule has 2 rings (SSSR count). The molecule has 0 fully saturated rings. The molecule has 0 aliphatic heterocycles. The van der Waals surface area contributed by atoms with Crippen molar-refractivity contribution < 1.29 is 10.2 Å². The molecular formula is C10H16KN5O3. The number of aliphatic hydroxyl groups excluding tert-OH is 2. The van der Waals surface area contributed by atoms with Crippen LogP contribution in [-0.4, -0.2) is 94.3 Å². The number of H-pyrrole nitrogens is 1. The topological polar surface area (TPSA) is 130 Å². The number of imidazole rings is 1. The molecule has 2 aromatic rings. The van der Waals surface area contributed by atoms with Gasteiger partial charge in [0.1, 0.15) is 0 Å². The van der Waals surface area contributed by atoms with Crippen LogP contribution in [0.1, 0.15) is 6.42 Å². The van der Waals surface area contributed by atoms with Gasteiger partial charge in [-0.25, -0.2) is 4.98 Å². The molecule has 0 unspecified atom stereocenters. The summed E-state index contributed by atoms with van der Waals surface area (Å²) >= 11 is 0. The van der Waals surface area contributed by atoms with Crippen LogP contribution in [0, 0.1) is 5.92 Å². The predicted octanol–water partition coefficient (Wildman–Crippen LogP) is -1.96. The number of hydrogen-bond donors (Lipinski definition) is 4. The van der Waals surface area contributed by atoms with Crippen LogP contribution in [0.25, 0.3) is 11.2 Å². The number of aromatic amines is 1. The molecule has 8 nitrogen and oxygen atoms in total. The second-order valence-electron chi connectivity index (χ2n) is 4.08. The van der Waals surface area contributed by atoms with Crippen molar-refractivity contribution in [2.24, 2.45) is 5.92 Å². The van der Waals surface area contributed by atoms with Crippen molar-refractivity contribution in [2.45, 2.75) is 13.0 Å². The van der Waals surface area contributed by atoms with Crippen molar-refractivity contribution in [3.8, 4) is 0 Å². The van der Waals surface area contributed by atoms with Gasteiger partial charge in [0.15, 0.2) is 11.2 Å². The number of nitrogen functional groups attached to an aromatic ring is 1. The zero-order valence-electron chi connectivity index (χ0n) is 9.70. The van der Waals surface area contributed by atoms with Crippen molar-refractivity contribution in [1.82, 2.24) is 19.5 Å². The second kappa shape index (κ2) is 7.48. The first kappa shape index (κ1) is 16.8. The average molecular weight is 293 g/mol. The predicted molar refractivity (Wildman–Crippen MR) is 72.0 cm³/mol. The van der Waals surface area contributed by atoms with E-state index in [1.807, 2.05) is 0 Å². The van der Waals surface area contributed by atoms with Gasteiger partial charge >= 0.3 is 51.4 Å². The molecule has 0 aliphatic carbocycles. The van der Waals surface area contributed by atoms with Crippen LogP contribution in [0.15, 0.2) is 11.1 Å². The Hall–Kier alpha value is -0.294. The normalized spacial score (nSPS) is 10.9. The molecule has 19 heavy (non-hydrogen) atoms. The maximum absolute atomic E-state index is 11.5. The molecule has 0 amide bonds. The van der Waals surface area contributed by atoms with Crippen molar-refractivity contribution in [3.05, 3.63) is 16.7 Å². The van der Waals surface area contributed by atoms with E-state index >= 15 is 0 Å². The Morgan fingerprint density at radius 1 is 1.42 bits per heavy atom. The van der Waals surface area contributed by atoms with Crippen molar-refractivity contribution in [1.29, 1.82) is 0 Å². The first-order valence-electron chi connectivity index (χ1n) is 5.58. The van der Waals surface area contributed by atoms with Gasteiger partial charge in [-0.15, -0.1) is 0 Å². The number of rotatable bonds is 5. The number of hydrogen-bond acceptors (Lipinski definition) is 6. The molecule has 0 bridgehead atoms. The van der Waals surface area contributed by atoms with Gasteiger partial charge in [0.05, 0.1) is 6.33 Å². The van der Waals surface area contributed by atoms with E-state index in [2.05, 4.69) is 15.0 Å². The van der Waals surface area contributed by atoms with Gasteiger partial charge in [0.2, 0.25) is 5.95 Å². The van der Waals surface area contributed by atoms with Crippen LogP contribution in [0.2, 0.25) is 0 Å². The number of fused-ring (bicyclic) bond motifs is 1. The minimum atomic E-state index is -0.378. The standard InChI is InChI=1S/C10H15N5O3.K.H/c11-10-13-8-7(9(18)14-10)12-5-15(8)2-1-6(3-16)4-17;;/h5-6,16-17H,1-4H2,(H3,11,13,14,18);;. The molecule has 0 aromatic carbocycles. The summed E-state index contributed by atoms with van der Waals surface area (Å²) in [6.07, 6.45) is 2.06. The van der Waals surface area contributed by atoms with E-state index in [1.165, 1.54) is 6.33 Å². The Morgan fingerprint density at radius 2 is 2.11 bits per heavy atom. The van der Waals surface area contributed by atoms with Gasteiger partial charge in [-0.05, 0) is 6.42 Å². The van der Waals surface area contributed by atoms with E-state index in [9.17, 15) is 4.79 Å². The number of aromatic nitrogens is 4. The summed E-state index contributed by atoms with van der Waals surface area (Å²) in [5.74, 6) is -0.156. The van der Waals surface area contributed by atoms with E-state index in [0.29, 0.717) is 18.6 Å². The summed E-state index contributed by atoms with van der Waals surface area (Å²) < 4.78 is 1.68. The van der Waals surface area contributed by atoms with Gasteiger partial charge in [-0.2, -0.15) is 4.98 Å². The summed E-state index contributed by atoms with van der Waals surface area (Å²) in [5.41, 5.74) is 5.73. The fraction of sp³-hybridized carbons (Fsp3) is 0.500. The third-order valence-electron chi connectivity index (χ3n) is 2.79. The van der Waals surface area contributed by atoms with Gasteiger partial charge in [-0.3, -0.25) is 9.78 Å². The fourth-order valence-electron chi connectivity index (χ4n) is 1.70. The quantitative estimate of drug-likeness (QED) is 0.474. The van der Waals surface area contributed by atoms with E-state index in [-0.39, 0.29) is 87.5 Å². The summed E-state index contributed by atoms with van der Waals surface area (Å²) in [6.45, 7) is 0.330. The van der Waals surface area contributed by atoms with Crippen LogP contribution < -0.4 is 11.3 Å². The average Bonchev–Trinajstić information content (AvgIpc) is 2.74. The summed E-state index contributed by atoms with van der Waals surface area (Å²) in [5, 5.41) is 18.0. The fourth-order valence-corrected chi connectivity index (χ4v) is 1.70. The third-order valence-corrected chi connectivity index (χ3v) is 2.79. The zero-order valence-corrected chi connectivity index (χ0v) is 9.70.